The molecular weight excluding hydrogens is 194 g/mol. The van der Waals surface area contributed by atoms with Crippen LogP contribution in [0.5, 0.6) is 0 Å². The Morgan fingerprint density at radius 1 is 1.06 bits per heavy atom. The minimum atomic E-state index is 1.13. The van der Waals surface area contributed by atoms with Gasteiger partial charge in [-0.3, -0.25) is 0 Å². The fourth-order valence-corrected chi connectivity index (χ4v) is 2.08. The third kappa shape index (κ3) is 2.54. The van der Waals surface area contributed by atoms with Crippen LogP contribution in [0.3, 0.4) is 0 Å². The highest BCUT2D eigenvalue weighted by molar-refractivity contribution is 5.79. The molecule has 0 amide bonds. The smallest absolute Gasteiger partial charge is 0.0480 e. The number of hydrogen-bond donors (Lipinski definition) is 0. The molecule has 0 radical (unpaired) electrons. The van der Waals surface area contributed by atoms with E-state index in [1.807, 2.05) is 6.08 Å². The van der Waals surface area contributed by atoms with Crippen molar-refractivity contribution in [2.24, 2.45) is 0 Å². The molecule has 2 aromatic rings. The second kappa shape index (κ2) is 5.55. The van der Waals surface area contributed by atoms with Crippen LogP contribution in [-0.4, -0.2) is 4.57 Å². The topological polar surface area (TPSA) is 4.93 Å². The minimum absolute atomic E-state index is 1.13. The van der Waals surface area contributed by atoms with Gasteiger partial charge in [-0.15, -0.1) is 6.58 Å². The average molecular weight is 213 g/mol. The molecule has 84 valence electrons. The number of nitrogens with zero attached hydrogens (tertiary/aromatic N) is 1. The maximum atomic E-state index is 3.74. The van der Waals surface area contributed by atoms with E-state index < -0.39 is 0 Å². The molecule has 1 heteroatoms. The lowest BCUT2D eigenvalue weighted by Gasteiger charge is -2.04. The minimum Gasteiger partial charge on any atom is -0.347 e. The Bertz CT molecular complexity index is 453. The van der Waals surface area contributed by atoms with Gasteiger partial charge in [-0.05, 0) is 36.8 Å². The van der Waals surface area contributed by atoms with Crippen LogP contribution < -0.4 is 0 Å². The third-order valence-corrected chi connectivity index (χ3v) is 2.99. The number of rotatable bonds is 6. The van der Waals surface area contributed by atoms with Gasteiger partial charge >= 0.3 is 0 Å². The fraction of sp³-hybridized carbons (Fsp3) is 0.333. The van der Waals surface area contributed by atoms with E-state index in [0.717, 1.165) is 13.0 Å². The number of fused-ring (bicyclic) bond motifs is 1. The van der Waals surface area contributed by atoms with Gasteiger partial charge in [-0.25, -0.2) is 0 Å². The molecule has 0 aliphatic rings. The summed E-state index contributed by atoms with van der Waals surface area (Å²) in [4.78, 5) is 0. The lowest BCUT2D eigenvalue weighted by Crippen LogP contribution is -1.95. The second-order valence-electron chi connectivity index (χ2n) is 4.21. The summed E-state index contributed by atoms with van der Waals surface area (Å²) < 4.78 is 2.35. The predicted molar refractivity (Wildman–Crippen MR) is 70.6 cm³/mol. The summed E-state index contributed by atoms with van der Waals surface area (Å²) in [6.45, 7) is 4.87. The first kappa shape index (κ1) is 11.0. The van der Waals surface area contributed by atoms with Crippen LogP contribution >= 0.6 is 0 Å². The molecule has 0 aliphatic heterocycles. The van der Waals surface area contributed by atoms with Gasteiger partial charge in [-0.2, -0.15) is 0 Å². The lowest BCUT2D eigenvalue weighted by atomic mass is 10.2. The van der Waals surface area contributed by atoms with Crippen molar-refractivity contribution in [3.05, 3.63) is 49.2 Å². The average Bonchev–Trinajstić information content (AvgIpc) is 2.73. The highest BCUT2D eigenvalue weighted by Gasteiger charge is 1.98. The van der Waals surface area contributed by atoms with Crippen LogP contribution in [-0.2, 0) is 6.54 Å². The molecule has 1 heterocycles. The molecule has 0 saturated heterocycles. The Morgan fingerprint density at radius 2 is 1.94 bits per heavy atom. The Labute approximate surface area is 97.4 Å². The Balaban J connectivity index is 1.91. The SMILES string of the molecule is C=CCCCCCn1ccc2ccccc21. The normalized spacial score (nSPS) is 10.8. The summed E-state index contributed by atoms with van der Waals surface area (Å²) in [6.07, 6.45) is 9.16. The van der Waals surface area contributed by atoms with Crippen molar-refractivity contribution in [3.63, 3.8) is 0 Å². The number of unbranched alkanes of at least 4 members (excludes halogenated alkanes) is 3. The third-order valence-electron chi connectivity index (χ3n) is 2.99. The summed E-state index contributed by atoms with van der Waals surface area (Å²) >= 11 is 0. The standard InChI is InChI=1S/C15H19N/c1-2-3-4-5-8-12-16-13-11-14-9-6-7-10-15(14)16/h2,6-7,9-11,13H,1,3-5,8,12H2. The van der Waals surface area contributed by atoms with Crippen molar-refractivity contribution in [1.82, 2.24) is 4.57 Å². The molecule has 0 unspecified atom stereocenters. The number of allylic oxidation sites excluding steroid dienone is 1. The van der Waals surface area contributed by atoms with E-state index in [9.17, 15) is 0 Å². The Morgan fingerprint density at radius 3 is 2.81 bits per heavy atom. The van der Waals surface area contributed by atoms with E-state index >= 15 is 0 Å². The van der Waals surface area contributed by atoms with Gasteiger partial charge < -0.3 is 4.57 Å². The maximum Gasteiger partial charge on any atom is 0.0480 e. The molecule has 0 saturated carbocycles. The molecular formula is C15H19N. The van der Waals surface area contributed by atoms with Gasteiger partial charge in [0.05, 0.1) is 0 Å². The van der Waals surface area contributed by atoms with Gasteiger partial charge in [-0.1, -0.05) is 30.7 Å². The molecule has 0 N–H and O–H groups in total. The number of benzene rings is 1. The first-order valence-electron chi connectivity index (χ1n) is 6.06. The highest BCUT2D eigenvalue weighted by Crippen LogP contribution is 2.16. The summed E-state index contributed by atoms with van der Waals surface area (Å²) in [5, 5.41) is 1.34. The number of para-hydroxylation sites is 1. The van der Waals surface area contributed by atoms with Crippen molar-refractivity contribution in [2.75, 3.05) is 0 Å². The van der Waals surface area contributed by atoms with E-state index in [1.54, 1.807) is 0 Å². The molecule has 0 bridgehead atoms. The largest absolute Gasteiger partial charge is 0.347 e. The zero-order valence-electron chi connectivity index (χ0n) is 9.73. The molecule has 0 spiro atoms. The van der Waals surface area contributed by atoms with E-state index in [2.05, 4.69) is 47.7 Å². The van der Waals surface area contributed by atoms with Crippen molar-refractivity contribution >= 4 is 10.9 Å². The monoisotopic (exact) mass is 213 g/mol. The van der Waals surface area contributed by atoms with E-state index in [0.29, 0.717) is 0 Å². The maximum absolute atomic E-state index is 3.74. The van der Waals surface area contributed by atoms with Crippen molar-refractivity contribution < 1.29 is 0 Å². The summed E-state index contributed by atoms with van der Waals surface area (Å²) in [7, 11) is 0. The molecule has 0 aliphatic carbocycles. The lowest BCUT2D eigenvalue weighted by molar-refractivity contribution is 0.603. The van der Waals surface area contributed by atoms with Crippen LogP contribution in [0, 0.1) is 0 Å². The van der Waals surface area contributed by atoms with Gasteiger partial charge in [0.2, 0.25) is 0 Å². The highest BCUT2D eigenvalue weighted by atomic mass is 14.9. The first-order valence-corrected chi connectivity index (χ1v) is 6.06. The number of aryl methyl sites for hydroxylation is 1. The zero-order chi connectivity index (χ0) is 11.2. The van der Waals surface area contributed by atoms with Crippen molar-refractivity contribution in [1.29, 1.82) is 0 Å². The molecule has 1 aromatic carbocycles. The van der Waals surface area contributed by atoms with Crippen molar-refractivity contribution in [3.8, 4) is 0 Å². The Kier molecular flexibility index (Phi) is 3.81. The van der Waals surface area contributed by atoms with Crippen LogP contribution in [0.15, 0.2) is 49.2 Å². The second-order valence-corrected chi connectivity index (χ2v) is 4.21. The van der Waals surface area contributed by atoms with E-state index in [4.69, 9.17) is 0 Å². The molecule has 0 fully saturated rings. The summed E-state index contributed by atoms with van der Waals surface area (Å²) in [6, 6.07) is 10.8. The molecule has 2 rings (SSSR count). The predicted octanol–water partition coefficient (Wildman–Crippen LogP) is 4.39. The Hall–Kier alpha value is -1.50. The van der Waals surface area contributed by atoms with Crippen LogP contribution in [0.2, 0.25) is 0 Å². The summed E-state index contributed by atoms with van der Waals surface area (Å²) in [5.74, 6) is 0. The van der Waals surface area contributed by atoms with Crippen LogP contribution in [0.1, 0.15) is 25.7 Å². The first-order chi connectivity index (χ1) is 7.92. The van der Waals surface area contributed by atoms with E-state index in [1.165, 1.54) is 30.2 Å². The zero-order valence-corrected chi connectivity index (χ0v) is 9.73. The molecule has 0 atom stereocenters. The summed E-state index contributed by atoms with van der Waals surface area (Å²) in [5.41, 5.74) is 1.35. The number of aromatic nitrogens is 1. The fourth-order valence-electron chi connectivity index (χ4n) is 2.08. The van der Waals surface area contributed by atoms with Gasteiger partial charge in [0.1, 0.15) is 0 Å². The van der Waals surface area contributed by atoms with E-state index in [-0.39, 0.29) is 0 Å². The quantitative estimate of drug-likeness (QED) is 0.495. The van der Waals surface area contributed by atoms with Crippen LogP contribution in [0.4, 0.5) is 0 Å². The van der Waals surface area contributed by atoms with Gasteiger partial charge in [0, 0.05) is 18.3 Å². The number of hydrogen-bond acceptors (Lipinski definition) is 0. The van der Waals surface area contributed by atoms with Crippen LogP contribution in [0.25, 0.3) is 10.9 Å². The molecule has 1 aromatic heterocycles. The molecule has 16 heavy (non-hydrogen) atoms. The van der Waals surface area contributed by atoms with Gasteiger partial charge in [0.15, 0.2) is 0 Å². The van der Waals surface area contributed by atoms with Gasteiger partial charge in [0.25, 0.3) is 0 Å². The van der Waals surface area contributed by atoms with Crippen molar-refractivity contribution in [2.45, 2.75) is 32.2 Å². The molecule has 1 nitrogen and oxygen atoms in total.